The van der Waals surface area contributed by atoms with Crippen molar-refractivity contribution in [1.82, 2.24) is 14.8 Å². The van der Waals surface area contributed by atoms with Crippen LogP contribution in [-0.2, 0) is 11.3 Å². The average Bonchev–Trinajstić information content (AvgIpc) is 2.90. The highest BCUT2D eigenvalue weighted by molar-refractivity contribution is 5.73. The molecule has 6 nitrogen and oxygen atoms in total. The molecule has 108 valence electrons. The molecule has 1 fully saturated rings. The molecule has 0 amide bonds. The standard InChI is InChI=1S/C8H14N4.C2HF3O2/c9-8-2-1-7(3-8)4-12-6-10-5-11-12;3-2(4,5)1(6)7/h5-8H,1-4,9H2;(H,6,7). The summed E-state index contributed by atoms with van der Waals surface area (Å²) in [4.78, 5) is 12.8. The molecule has 0 aliphatic heterocycles. The Bertz CT molecular complexity index is 394. The Labute approximate surface area is 107 Å². The maximum Gasteiger partial charge on any atom is 0.490 e. The number of carbonyl (C=O) groups is 1. The van der Waals surface area contributed by atoms with Gasteiger partial charge in [0.25, 0.3) is 0 Å². The fraction of sp³-hybridized carbons (Fsp3) is 0.700. The van der Waals surface area contributed by atoms with E-state index in [1.54, 1.807) is 12.7 Å². The van der Waals surface area contributed by atoms with Crippen molar-refractivity contribution in [3.05, 3.63) is 12.7 Å². The van der Waals surface area contributed by atoms with Crippen LogP contribution in [0.15, 0.2) is 12.7 Å². The summed E-state index contributed by atoms with van der Waals surface area (Å²) in [5.41, 5.74) is 5.81. The minimum atomic E-state index is -5.08. The van der Waals surface area contributed by atoms with Gasteiger partial charge in [-0.3, -0.25) is 4.68 Å². The summed E-state index contributed by atoms with van der Waals surface area (Å²) >= 11 is 0. The molecule has 19 heavy (non-hydrogen) atoms. The maximum absolute atomic E-state index is 10.6. The normalized spacial score (nSPS) is 22.7. The van der Waals surface area contributed by atoms with Gasteiger partial charge in [0.1, 0.15) is 12.7 Å². The van der Waals surface area contributed by atoms with Crippen LogP contribution in [-0.4, -0.2) is 38.1 Å². The van der Waals surface area contributed by atoms with Gasteiger partial charge >= 0.3 is 12.1 Å². The SMILES string of the molecule is NC1CCC(Cn2cncn2)C1.O=C(O)C(F)(F)F. The molecule has 0 spiro atoms. The smallest absolute Gasteiger partial charge is 0.475 e. The monoisotopic (exact) mass is 280 g/mol. The summed E-state index contributed by atoms with van der Waals surface area (Å²) in [6.45, 7) is 0.980. The lowest BCUT2D eigenvalue weighted by Gasteiger charge is -2.07. The van der Waals surface area contributed by atoms with E-state index < -0.39 is 12.1 Å². The van der Waals surface area contributed by atoms with E-state index in [1.807, 2.05) is 4.68 Å². The van der Waals surface area contributed by atoms with Gasteiger partial charge in [-0.05, 0) is 25.2 Å². The molecule has 3 N–H and O–H groups in total. The first-order chi connectivity index (χ1) is 8.79. The summed E-state index contributed by atoms with van der Waals surface area (Å²) in [6.07, 6.45) is 1.80. The van der Waals surface area contributed by atoms with Crippen LogP contribution in [0.1, 0.15) is 19.3 Å². The largest absolute Gasteiger partial charge is 0.490 e. The van der Waals surface area contributed by atoms with E-state index in [0.717, 1.165) is 13.0 Å². The van der Waals surface area contributed by atoms with Crippen LogP contribution < -0.4 is 5.73 Å². The Balaban J connectivity index is 0.000000224. The van der Waals surface area contributed by atoms with Crippen LogP contribution in [0.2, 0.25) is 0 Å². The van der Waals surface area contributed by atoms with E-state index in [9.17, 15) is 13.2 Å². The van der Waals surface area contributed by atoms with Crippen molar-refractivity contribution >= 4 is 5.97 Å². The van der Waals surface area contributed by atoms with Crippen LogP contribution >= 0.6 is 0 Å². The lowest BCUT2D eigenvalue weighted by Crippen LogP contribution is -2.21. The number of hydrogen-bond donors (Lipinski definition) is 2. The van der Waals surface area contributed by atoms with Gasteiger partial charge in [-0.1, -0.05) is 0 Å². The Morgan fingerprint density at radius 2 is 2.11 bits per heavy atom. The van der Waals surface area contributed by atoms with Gasteiger partial charge in [0.2, 0.25) is 0 Å². The molecule has 0 saturated heterocycles. The first-order valence-electron chi connectivity index (χ1n) is 5.67. The summed E-state index contributed by atoms with van der Waals surface area (Å²) in [7, 11) is 0. The zero-order valence-corrected chi connectivity index (χ0v) is 10.0. The second-order valence-electron chi connectivity index (χ2n) is 4.36. The lowest BCUT2D eigenvalue weighted by atomic mass is 10.1. The fourth-order valence-electron chi connectivity index (χ4n) is 1.87. The van der Waals surface area contributed by atoms with Gasteiger partial charge in [0, 0.05) is 12.6 Å². The molecular weight excluding hydrogens is 265 g/mol. The van der Waals surface area contributed by atoms with Gasteiger partial charge in [-0.15, -0.1) is 0 Å². The molecule has 1 aliphatic carbocycles. The van der Waals surface area contributed by atoms with E-state index in [2.05, 4.69) is 10.1 Å². The molecule has 1 saturated carbocycles. The number of hydrogen-bond acceptors (Lipinski definition) is 4. The Morgan fingerprint density at radius 3 is 2.47 bits per heavy atom. The summed E-state index contributed by atoms with van der Waals surface area (Å²) < 4.78 is 33.6. The number of nitrogens with two attached hydrogens (primary N) is 1. The van der Waals surface area contributed by atoms with Crippen molar-refractivity contribution in [2.45, 2.75) is 38.0 Å². The van der Waals surface area contributed by atoms with E-state index in [1.165, 1.54) is 12.8 Å². The van der Waals surface area contributed by atoms with Crippen LogP contribution in [0.25, 0.3) is 0 Å². The number of rotatable bonds is 2. The lowest BCUT2D eigenvalue weighted by molar-refractivity contribution is -0.192. The highest BCUT2D eigenvalue weighted by Gasteiger charge is 2.38. The molecule has 2 unspecified atom stereocenters. The second-order valence-corrected chi connectivity index (χ2v) is 4.36. The van der Waals surface area contributed by atoms with Crippen molar-refractivity contribution in [3.8, 4) is 0 Å². The number of alkyl halides is 3. The third kappa shape index (κ3) is 5.69. The van der Waals surface area contributed by atoms with E-state index >= 15 is 0 Å². The second kappa shape index (κ2) is 6.50. The molecule has 1 heterocycles. The van der Waals surface area contributed by atoms with Gasteiger partial charge in [0.05, 0.1) is 0 Å². The Hall–Kier alpha value is -1.64. The maximum atomic E-state index is 10.6. The summed E-state index contributed by atoms with van der Waals surface area (Å²) in [5.74, 6) is -2.05. The summed E-state index contributed by atoms with van der Waals surface area (Å²) in [6, 6.07) is 0.415. The van der Waals surface area contributed by atoms with Crippen LogP contribution in [0.5, 0.6) is 0 Å². The highest BCUT2D eigenvalue weighted by atomic mass is 19.4. The topological polar surface area (TPSA) is 94.0 Å². The zero-order chi connectivity index (χ0) is 14.5. The molecule has 0 aromatic carbocycles. The molecule has 2 atom stereocenters. The third-order valence-electron chi connectivity index (χ3n) is 2.74. The van der Waals surface area contributed by atoms with Crippen molar-refractivity contribution in [2.75, 3.05) is 0 Å². The zero-order valence-electron chi connectivity index (χ0n) is 10.0. The van der Waals surface area contributed by atoms with Gasteiger partial charge in [-0.25, -0.2) is 9.78 Å². The first-order valence-corrected chi connectivity index (χ1v) is 5.67. The van der Waals surface area contributed by atoms with Crippen molar-refractivity contribution in [1.29, 1.82) is 0 Å². The molecule has 9 heteroatoms. The number of aliphatic carboxylic acids is 1. The van der Waals surface area contributed by atoms with E-state index in [0.29, 0.717) is 12.0 Å². The summed E-state index contributed by atoms with van der Waals surface area (Å²) in [5, 5.41) is 11.2. The average molecular weight is 280 g/mol. The van der Waals surface area contributed by atoms with Gasteiger partial charge in [0.15, 0.2) is 0 Å². The number of aromatic nitrogens is 3. The molecule has 1 aliphatic rings. The molecule has 2 rings (SSSR count). The minimum Gasteiger partial charge on any atom is -0.475 e. The highest BCUT2D eigenvalue weighted by Crippen LogP contribution is 2.24. The Kier molecular flexibility index (Phi) is 5.28. The fourth-order valence-corrected chi connectivity index (χ4v) is 1.87. The number of nitrogens with zero attached hydrogens (tertiary/aromatic N) is 3. The van der Waals surface area contributed by atoms with Crippen molar-refractivity contribution in [2.24, 2.45) is 11.7 Å². The van der Waals surface area contributed by atoms with Gasteiger partial charge in [-0.2, -0.15) is 18.3 Å². The molecule has 0 bridgehead atoms. The van der Waals surface area contributed by atoms with Crippen LogP contribution in [0.3, 0.4) is 0 Å². The molecule has 1 aromatic rings. The van der Waals surface area contributed by atoms with E-state index in [-0.39, 0.29) is 0 Å². The van der Waals surface area contributed by atoms with Crippen LogP contribution in [0, 0.1) is 5.92 Å². The first kappa shape index (κ1) is 15.4. The molecule has 0 radical (unpaired) electrons. The number of carboxylic acids is 1. The van der Waals surface area contributed by atoms with Crippen molar-refractivity contribution < 1.29 is 23.1 Å². The number of halogens is 3. The van der Waals surface area contributed by atoms with Gasteiger partial charge < -0.3 is 10.8 Å². The molecule has 1 aromatic heterocycles. The number of carboxylic acid groups (broad SMARTS) is 1. The third-order valence-corrected chi connectivity index (χ3v) is 2.74. The van der Waals surface area contributed by atoms with Crippen LogP contribution in [0.4, 0.5) is 13.2 Å². The van der Waals surface area contributed by atoms with Crippen molar-refractivity contribution in [3.63, 3.8) is 0 Å². The Morgan fingerprint density at radius 1 is 1.47 bits per heavy atom. The predicted octanol–water partition coefficient (Wildman–Crippen LogP) is 1.04. The van der Waals surface area contributed by atoms with E-state index in [4.69, 9.17) is 15.6 Å². The quantitative estimate of drug-likeness (QED) is 0.844. The minimum absolute atomic E-state index is 0.415. The predicted molar refractivity (Wildman–Crippen MR) is 59.0 cm³/mol. The molecular formula is C10H15F3N4O2.